The lowest BCUT2D eigenvalue weighted by Crippen LogP contribution is -2.41. The molecule has 1 rings (SSSR count). The summed E-state index contributed by atoms with van der Waals surface area (Å²) in [5.41, 5.74) is 6.51. The second kappa shape index (κ2) is 6.96. The van der Waals surface area contributed by atoms with Crippen LogP contribution >= 0.6 is 0 Å². The van der Waals surface area contributed by atoms with Gasteiger partial charge in [0.15, 0.2) is 5.69 Å². The zero-order valence-electron chi connectivity index (χ0n) is 11.2. The van der Waals surface area contributed by atoms with Crippen LogP contribution in [0.15, 0.2) is 18.3 Å². The van der Waals surface area contributed by atoms with Crippen molar-refractivity contribution in [3.8, 4) is 0 Å². The van der Waals surface area contributed by atoms with Crippen molar-refractivity contribution in [1.82, 2.24) is 9.88 Å². The Bertz CT molecular complexity index is 396. The highest BCUT2D eigenvalue weighted by Crippen LogP contribution is 2.14. The number of nitrogen functional groups attached to an aromatic ring is 1. The van der Waals surface area contributed by atoms with Gasteiger partial charge in [-0.3, -0.25) is 4.79 Å². The van der Waals surface area contributed by atoms with Crippen molar-refractivity contribution >= 4 is 11.6 Å². The van der Waals surface area contributed by atoms with Crippen molar-refractivity contribution in [1.29, 1.82) is 0 Å². The molecule has 0 aliphatic carbocycles. The fourth-order valence-corrected chi connectivity index (χ4v) is 1.66. The summed E-state index contributed by atoms with van der Waals surface area (Å²) in [5.74, 6) is -0.139. The third-order valence-corrected chi connectivity index (χ3v) is 2.96. The Hall–Kier alpha value is -1.62. The molecule has 1 unspecified atom stereocenters. The molecule has 1 heterocycles. The number of pyridine rings is 1. The van der Waals surface area contributed by atoms with Gasteiger partial charge in [-0.25, -0.2) is 4.98 Å². The van der Waals surface area contributed by atoms with Crippen molar-refractivity contribution in [2.24, 2.45) is 0 Å². The van der Waals surface area contributed by atoms with Gasteiger partial charge in [0.2, 0.25) is 0 Å². The zero-order chi connectivity index (χ0) is 13.5. The highest BCUT2D eigenvalue weighted by molar-refractivity contribution is 5.97. The molecule has 100 valence electrons. The van der Waals surface area contributed by atoms with Gasteiger partial charge in [0.25, 0.3) is 5.91 Å². The van der Waals surface area contributed by atoms with Gasteiger partial charge in [0, 0.05) is 25.9 Å². The molecule has 0 aromatic carbocycles. The number of nitrogens with zero attached hydrogens (tertiary/aromatic N) is 2. The molecule has 5 nitrogen and oxygen atoms in total. The summed E-state index contributed by atoms with van der Waals surface area (Å²) in [6.45, 7) is 5.09. The van der Waals surface area contributed by atoms with Crippen LogP contribution in [0.3, 0.4) is 0 Å². The number of anilines is 1. The Kier molecular flexibility index (Phi) is 5.58. The van der Waals surface area contributed by atoms with Gasteiger partial charge >= 0.3 is 0 Å². The molecule has 0 fully saturated rings. The molecule has 0 spiro atoms. The van der Waals surface area contributed by atoms with Crippen LogP contribution in [0.25, 0.3) is 0 Å². The third kappa shape index (κ3) is 3.43. The summed E-state index contributed by atoms with van der Waals surface area (Å²) in [6.07, 6.45) is 2.46. The lowest BCUT2D eigenvalue weighted by Gasteiger charge is -2.28. The standard InChI is InChI=1S/C13H21N3O2/c1-4-10(2)16(8-9-18-3)13(17)12-11(14)6-5-7-15-12/h5-7,10H,4,8-9,14H2,1-3H3. The Morgan fingerprint density at radius 3 is 2.89 bits per heavy atom. The minimum atomic E-state index is -0.139. The molecule has 1 aromatic rings. The first kappa shape index (κ1) is 14.4. The summed E-state index contributed by atoms with van der Waals surface area (Å²) in [4.78, 5) is 18.2. The minimum absolute atomic E-state index is 0.133. The first-order chi connectivity index (χ1) is 8.61. The predicted octanol–water partition coefficient (Wildman–Crippen LogP) is 1.55. The molecule has 0 radical (unpaired) electrons. The smallest absolute Gasteiger partial charge is 0.274 e. The number of hydrogen-bond acceptors (Lipinski definition) is 4. The zero-order valence-corrected chi connectivity index (χ0v) is 11.2. The van der Waals surface area contributed by atoms with Crippen LogP contribution in [0.4, 0.5) is 5.69 Å². The van der Waals surface area contributed by atoms with Crippen molar-refractivity contribution in [2.45, 2.75) is 26.3 Å². The van der Waals surface area contributed by atoms with E-state index in [-0.39, 0.29) is 11.9 Å². The van der Waals surface area contributed by atoms with Crippen molar-refractivity contribution in [3.63, 3.8) is 0 Å². The maximum Gasteiger partial charge on any atom is 0.274 e. The van der Waals surface area contributed by atoms with E-state index in [0.29, 0.717) is 24.5 Å². The monoisotopic (exact) mass is 251 g/mol. The highest BCUT2D eigenvalue weighted by Gasteiger charge is 2.22. The molecule has 18 heavy (non-hydrogen) atoms. The summed E-state index contributed by atoms with van der Waals surface area (Å²) < 4.78 is 5.04. The average Bonchev–Trinajstić information content (AvgIpc) is 2.39. The quantitative estimate of drug-likeness (QED) is 0.833. The molecule has 1 atom stereocenters. The molecule has 0 bridgehead atoms. The Balaban J connectivity index is 2.91. The Morgan fingerprint density at radius 2 is 2.33 bits per heavy atom. The number of amides is 1. The van der Waals surface area contributed by atoms with E-state index < -0.39 is 0 Å². The number of hydrogen-bond donors (Lipinski definition) is 1. The van der Waals surface area contributed by atoms with Gasteiger partial charge in [0.1, 0.15) is 0 Å². The number of carbonyl (C=O) groups is 1. The van der Waals surface area contributed by atoms with Crippen LogP contribution in [-0.2, 0) is 4.74 Å². The second-order valence-corrected chi connectivity index (χ2v) is 4.19. The second-order valence-electron chi connectivity index (χ2n) is 4.19. The van der Waals surface area contributed by atoms with E-state index >= 15 is 0 Å². The number of methoxy groups -OCH3 is 1. The Morgan fingerprint density at radius 1 is 1.61 bits per heavy atom. The van der Waals surface area contributed by atoms with Crippen LogP contribution in [0.2, 0.25) is 0 Å². The number of nitrogens with two attached hydrogens (primary N) is 1. The average molecular weight is 251 g/mol. The number of ether oxygens (including phenoxy) is 1. The maximum absolute atomic E-state index is 12.4. The first-order valence-corrected chi connectivity index (χ1v) is 6.12. The molecular formula is C13H21N3O2. The van der Waals surface area contributed by atoms with E-state index in [4.69, 9.17) is 10.5 Å². The van der Waals surface area contributed by atoms with Crippen LogP contribution in [0, 0.1) is 0 Å². The SMILES string of the molecule is CCC(C)N(CCOC)C(=O)c1ncccc1N. The fourth-order valence-electron chi connectivity index (χ4n) is 1.66. The van der Waals surface area contributed by atoms with Crippen LogP contribution < -0.4 is 5.73 Å². The van der Waals surface area contributed by atoms with E-state index in [1.54, 1.807) is 30.3 Å². The molecule has 0 aliphatic heterocycles. The molecule has 0 saturated heterocycles. The van der Waals surface area contributed by atoms with Gasteiger partial charge in [-0.15, -0.1) is 0 Å². The van der Waals surface area contributed by atoms with E-state index in [2.05, 4.69) is 4.98 Å². The van der Waals surface area contributed by atoms with Gasteiger partial charge in [0.05, 0.1) is 12.3 Å². The largest absolute Gasteiger partial charge is 0.397 e. The van der Waals surface area contributed by atoms with Crippen molar-refractivity contribution in [3.05, 3.63) is 24.0 Å². The van der Waals surface area contributed by atoms with E-state index in [1.807, 2.05) is 13.8 Å². The number of rotatable bonds is 6. The normalized spacial score (nSPS) is 12.2. The topological polar surface area (TPSA) is 68.5 Å². The maximum atomic E-state index is 12.4. The van der Waals surface area contributed by atoms with Gasteiger partial charge in [-0.2, -0.15) is 0 Å². The molecule has 1 aromatic heterocycles. The summed E-state index contributed by atoms with van der Waals surface area (Å²) in [7, 11) is 1.62. The lowest BCUT2D eigenvalue weighted by atomic mass is 10.2. The van der Waals surface area contributed by atoms with Crippen LogP contribution in [0.1, 0.15) is 30.8 Å². The Labute approximate surface area is 108 Å². The predicted molar refractivity (Wildman–Crippen MR) is 71.3 cm³/mol. The van der Waals surface area contributed by atoms with Crippen LogP contribution in [0.5, 0.6) is 0 Å². The number of aromatic nitrogens is 1. The molecule has 1 amide bonds. The highest BCUT2D eigenvalue weighted by atomic mass is 16.5. The van der Waals surface area contributed by atoms with Gasteiger partial charge < -0.3 is 15.4 Å². The summed E-state index contributed by atoms with van der Waals surface area (Å²) in [5, 5.41) is 0. The van der Waals surface area contributed by atoms with Crippen molar-refractivity contribution in [2.75, 3.05) is 26.0 Å². The molecule has 0 saturated carbocycles. The number of carbonyl (C=O) groups excluding carboxylic acids is 1. The molecule has 5 heteroatoms. The van der Waals surface area contributed by atoms with Crippen molar-refractivity contribution < 1.29 is 9.53 Å². The van der Waals surface area contributed by atoms with Gasteiger partial charge in [-0.1, -0.05) is 6.92 Å². The first-order valence-electron chi connectivity index (χ1n) is 6.12. The third-order valence-electron chi connectivity index (χ3n) is 2.96. The summed E-state index contributed by atoms with van der Waals surface area (Å²) >= 11 is 0. The molecular weight excluding hydrogens is 230 g/mol. The fraction of sp³-hybridized carbons (Fsp3) is 0.538. The minimum Gasteiger partial charge on any atom is -0.397 e. The summed E-state index contributed by atoms with van der Waals surface area (Å²) in [6, 6.07) is 3.54. The molecule has 0 aliphatic rings. The molecule has 2 N–H and O–H groups in total. The van der Waals surface area contributed by atoms with E-state index in [0.717, 1.165) is 6.42 Å². The lowest BCUT2D eigenvalue weighted by molar-refractivity contribution is 0.0609. The van der Waals surface area contributed by atoms with Gasteiger partial charge in [-0.05, 0) is 25.5 Å². The van der Waals surface area contributed by atoms with E-state index in [9.17, 15) is 4.79 Å². The van der Waals surface area contributed by atoms with E-state index in [1.165, 1.54) is 0 Å². The van der Waals surface area contributed by atoms with Crippen LogP contribution in [-0.4, -0.2) is 42.1 Å².